The van der Waals surface area contributed by atoms with Crippen molar-refractivity contribution in [3.8, 4) is 5.75 Å². The van der Waals surface area contributed by atoms with Crippen LogP contribution >= 0.6 is 11.8 Å². The number of unbranched alkanes of at least 4 members (excludes halogenated alkanes) is 4. The minimum absolute atomic E-state index is 0.00296. The van der Waals surface area contributed by atoms with E-state index in [4.69, 9.17) is 9.47 Å². The quantitative estimate of drug-likeness (QED) is 0.177. The van der Waals surface area contributed by atoms with Crippen molar-refractivity contribution in [2.45, 2.75) is 64.2 Å². The van der Waals surface area contributed by atoms with Crippen LogP contribution in [0.2, 0.25) is 0 Å². The number of fused-ring (bicyclic) bond motifs is 1. The van der Waals surface area contributed by atoms with Crippen molar-refractivity contribution in [1.29, 1.82) is 0 Å². The van der Waals surface area contributed by atoms with Crippen LogP contribution in [-0.4, -0.2) is 67.6 Å². The first-order chi connectivity index (χ1) is 18.0. The summed E-state index contributed by atoms with van der Waals surface area (Å²) in [7, 11) is 1.51. The smallest absolute Gasteiger partial charge is 0.334 e. The molecule has 0 saturated carbocycles. The number of hydrogen-bond donors (Lipinski definition) is 0. The number of barbiturate groups is 1. The molecule has 0 radical (unpaired) electrons. The van der Waals surface area contributed by atoms with Gasteiger partial charge in [-0.3, -0.25) is 19.4 Å². The van der Waals surface area contributed by atoms with Gasteiger partial charge in [-0.25, -0.2) is 4.79 Å². The average molecular weight is 530 g/mol. The first-order valence-electron chi connectivity index (χ1n) is 13.3. The summed E-state index contributed by atoms with van der Waals surface area (Å²) in [5, 5.41) is 0.939. The maximum atomic E-state index is 13.2. The summed E-state index contributed by atoms with van der Waals surface area (Å²) in [6.07, 6.45) is 9.44. The van der Waals surface area contributed by atoms with Gasteiger partial charge in [0.1, 0.15) is 11.3 Å². The lowest BCUT2D eigenvalue weighted by atomic mass is 10.1. The molecule has 1 fully saturated rings. The number of allylic oxidation sites excluding steroid dienone is 2. The molecule has 8 nitrogen and oxygen atoms in total. The van der Waals surface area contributed by atoms with Gasteiger partial charge in [0.2, 0.25) is 0 Å². The molecule has 1 aromatic rings. The van der Waals surface area contributed by atoms with E-state index in [2.05, 4.69) is 17.9 Å². The molecule has 37 heavy (non-hydrogen) atoms. The van der Waals surface area contributed by atoms with Gasteiger partial charge < -0.3 is 14.4 Å². The first kappa shape index (κ1) is 28.8. The molecule has 2 aliphatic rings. The number of carbonyl (C=O) groups is 3. The van der Waals surface area contributed by atoms with Crippen LogP contribution in [0.25, 0.3) is 0 Å². The number of ether oxygens (including phenoxy) is 2. The summed E-state index contributed by atoms with van der Waals surface area (Å²) in [6.45, 7) is 8.17. The maximum Gasteiger partial charge on any atom is 0.334 e. The minimum atomic E-state index is -0.578. The largest absolute Gasteiger partial charge is 0.494 e. The van der Waals surface area contributed by atoms with Crippen LogP contribution in [0.4, 0.5) is 10.5 Å². The van der Waals surface area contributed by atoms with Gasteiger partial charge in [-0.15, -0.1) is 0 Å². The number of thioether (sulfide) groups is 1. The normalized spacial score (nSPS) is 17.9. The van der Waals surface area contributed by atoms with E-state index < -0.39 is 17.8 Å². The number of methoxy groups -OCH3 is 1. The minimum Gasteiger partial charge on any atom is -0.494 e. The number of carbonyl (C=O) groups excluding carboxylic acids is 3. The second-order valence-electron chi connectivity index (χ2n) is 9.00. The number of anilines is 1. The molecule has 2 heterocycles. The second-order valence-corrected chi connectivity index (χ2v) is 10.1. The molecule has 0 atom stereocenters. The molecule has 202 valence electrons. The summed E-state index contributed by atoms with van der Waals surface area (Å²) in [4.78, 5) is 44.9. The number of rotatable bonds is 14. The number of amides is 4. The van der Waals surface area contributed by atoms with E-state index in [9.17, 15) is 14.4 Å². The van der Waals surface area contributed by atoms with Gasteiger partial charge in [-0.2, -0.15) is 0 Å². The van der Waals surface area contributed by atoms with Crippen molar-refractivity contribution in [3.05, 3.63) is 41.0 Å². The lowest BCUT2D eigenvalue weighted by Crippen LogP contribution is -2.57. The highest BCUT2D eigenvalue weighted by Gasteiger charge is 2.41. The third-order valence-electron chi connectivity index (χ3n) is 6.31. The van der Waals surface area contributed by atoms with Crippen molar-refractivity contribution in [2.24, 2.45) is 0 Å². The van der Waals surface area contributed by atoms with Crippen molar-refractivity contribution < 1.29 is 23.9 Å². The van der Waals surface area contributed by atoms with Crippen LogP contribution in [0, 0.1) is 0 Å². The van der Waals surface area contributed by atoms with E-state index in [0.717, 1.165) is 58.5 Å². The highest BCUT2D eigenvalue weighted by Crippen LogP contribution is 2.47. The zero-order valence-electron chi connectivity index (χ0n) is 22.5. The molecule has 0 N–H and O–H groups in total. The number of hydrogen-bond acceptors (Lipinski definition) is 7. The number of benzene rings is 1. The van der Waals surface area contributed by atoms with E-state index in [1.165, 1.54) is 18.4 Å². The molecule has 0 unspecified atom stereocenters. The van der Waals surface area contributed by atoms with Gasteiger partial charge in [0.25, 0.3) is 11.8 Å². The van der Waals surface area contributed by atoms with Gasteiger partial charge in [0.15, 0.2) is 0 Å². The Hall–Kier alpha value is -2.78. The molecular formula is C28H39N3O5S. The van der Waals surface area contributed by atoms with Crippen molar-refractivity contribution in [1.82, 2.24) is 9.80 Å². The molecular weight excluding hydrogens is 490 g/mol. The highest BCUT2D eigenvalue weighted by atomic mass is 32.2. The molecule has 0 aromatic heterocycles. The Morgan fingerprint density at radius 1 is 0.838 bits per heavy atom. The second kappa shape index (κ2) is 14.2. The molecule has 9 heteroatoms. The molecule has 0 aliphatic carbocycles. The van der Waals surface area contributed by atoms with Gasteiger partial charge in [-0.1, -0.05) is 51.3 Å². The first-order valence-corrected chi connectivity index (χ1v) is 14.1. The topological polar surface area (TPSA) is 79.4 Å². The van der Waals surface area contributed by atoms with Crippen LogP contribution in [0.15, 0.2) is 45.8 Å². The molecule has 1 saturated heterocycles. The number of nitrogens with zero attached hydrogens (tertiary/aromatic N) is 3. The van der Waals surface area contributed by atoms with E-state index >= 15 is 0 Å². The third-order valence-corrected chi connectivity index (χ3v) is 7.42. The molecule has 1 aromatic carbocycles. The Bertz CT molecular complexity index is 1010. The maximum absolute atomic E-state index is 13.2. The zero-order chi connectivity index (χ0) is 26.8. The summed E-state index contributed by atoms with van der Waals surface area (Å²) < 4.78 is 10.8. The lowest BCUT2D eigenvalue weighted by molar-refractivity contribution is -0.136. The number of urea groups is 1. The Balaban J connectivity index is 1.93. The standard InChI is InChI=1S/C28H39N3O5S/c1-5-8-10-11-17-29-23-14-12-21(36-7-3)20-24(23)37-25(29)15-13-22-26(32)30(16-9-6-2)28(34)31(27(22)33)18-19-35-4/h12-15,20H,5-11,16-19H2,1-4H3. The SMILES string of the molecule is CCCCCCN1C(=CC=C2C(=O)N(CCCC)C(=O)N(CCOC)C2=O)Sc2cc(OCC)ccc21. The highest BCUT2D eigenvalue weighted by molar-refractivity contribution is 8.03. The molecule has 0 bridgehead atoms. The summed E-state index contributed by atoms with van der Waals surface area (Å²) in [5.74, 6) is -0.302. The van der Waals surface area contributed by atoms with Crippen molar-refractivity contribution in [3.63, 3.8) is 0 Å². The van der Waals surface area contributed by atoms with Crippen LogP contribution < -0.4 is 9.64 Å². The molecule has 4 amide bonds. The Morgan fingerprint density at radius 3 is 2.22 bits per heavy atom. The van der Waals surface area contributed by atoms with Crippen molar-refractivity contribution >= 4 is 35.3 Å². The van der Waals surface area contributed by atoms with E-state index in [-0.39, 0.29) is 25.3 Å². The van der Waals surface area contributed by atoms with Crippen LogP contribution in [-0.2, 0) is 14.3 Å². The van der Waals surface area contributed by atoms with Crippen LogP contribution in [0.3, 0.4) is 0 Å². The summed E-state index contributed by atoms with van der Waals surface area (Å²) >= 11 is 1.59. The fraction of sp³-hybridized carbons (Fsp3) is 0.536. The lowest BCUT2D eigenvalue weighted by Gasteiger charge is -2.33. The van der Waals surface area contributed by atoms with E-state index in [0.29, 0.717) is 13.0 Å². The van der Waals surface area contributed by atoms with E-state index in [1.807, 2.05) is 32.1 Å². The zero-order valence-corrected chi connectivity index (χ0v) is 23.3. The summed E-state index contributed by atoms with van der Waals surface area (Å²) in [6, 6.07) is 5.50. The van der Waals surface area contributed by atoms with Gasteiger partial charge in [0, 0.05) is 25.1 Å². The molecule has 3 rings (SSSR count). The van der Waals surface area contributed by atoms with Crippen LogP contribution in [0.5, 0.6) is 5.75 Å². The fourth-order valence-corrected chi connectivity index (χ4v) is 5.40. The monoisotopic (exact) mass is 529 g/mol. The van der Waals surface area contributed by atoms with Crippen molar-refractivity contribution in [2.75, 3.05) is 44.9 Å². The van der Waals surface area contributed by atoms with Gasteiger partial charge in [0.05, 0.1) is 30.5 Å². The number of imide groups is 2. The van der Waals surface area contributed by atoms with Gasteiger partial charge >= 0.3 is 6.03 Å². The predicted octanol–water partition coefficient (Wildman–Crippen LogP) is 5.58. The average Bonchev–Trinajstić information content (AvgIpc) is 3.23. The van der Waals surface area contributed by atoms with Gasteiger partial charge in [-0.05, 0) is 50.1 Å². The van der Waals surface area contributed by atoms with Crippen LogP contribution in [0.1, 0.15) is 59.3 Å². The molecule has 0 spiro atoms. The Kier molecular flexibility index (Phi) is 11.1. The molecule has 2 aliphatic heterocycles. The Morgan fingerprint density at radius 2 is 1.54 bits per heavy atom. The fourth-order valence-electron chi connectivity index (χ4n) is 4.29. The van der Waals surface area contributed by atoms with E-state index in [1.54, 1.807) is 17.8 Å². The third kappa shape index (κ3) is 6.96. The summed E-state index contributed by atoms with van der Waals surface area (Å²) in [5.41, 5.74) is 1.09. The predicted molar refractivity (Wildman–Crippen MR) is 147 cm³/mol. The Labute approximate surface area is 224 Å².